The predicted molar refractivity (Wildman–Crippen MR) is 97.3 cm³/mol. The molecule has 0 spiro atoms. The van der Waals surface area contributed by atoms with Gasteiger partial charge in [-0.15, -0.1) is 0 Å². The van der Waals surface area contributed by atoms with E-state index in [1.165, 1.54) is 12.1 Å². The lowest BCUT2D eigenvalue weighted by atomic mass is 10.2. The molecule has 0 unspecified atom stereocenters. The van der Waals surface area contributed by atoms with E-state index < -0.39 is 0 Å². The molecule has 6 heteroatoms. The van der Waals surface area contributed by atoms with Gasteiger partial charge in [-0.2, -0.15) is 4.73 Å². The lowest BCUT2D eigenvalue weighted by Gasteiger charge is -2.11. The summed E-state index contributed by atoms with van der Waals surface area (Å²) in [7, 11) is 0. The molecular weight excluding hydrogens is 385 g/mol. The SMILES string of the molecule is Fc1cccc(COn2c(-c3cccnc3)nc3cc(Br)ccc32)c1. The van der Waals surface area contributed by atoms with Crippen LogP contribution in [0.1, 0.15) is 5.56 Å². The summed E-state index contributed by atoms with van der Waals surface area (Å²) in [6.07, 6.45) is 3.44. The number of rotatable bonds is 4. The smallest absolute Gasteiger partial charge is 0.178 e. The lowest BCUT2D eigenvalue weighted by molar-refractivity contribution is 0.109. The number of benzene rings is 2. The topological polar surface area (TPSA) is 39.9 Å². The Kier molecular flexibility index (Phi) is 4.19. The van der Waals surface area contributed by atoms with Crippen LogP contribution in [0.2, 0.25) is 0 Å². The third-order valence-electron chi connectivity index (χ3n) is 3.74. The van der Waals surface area contributed by atoms with E-state index in [0.29, 0.717) is 5.82 Å². The molecule has 0 aliphatic carbocycles. The Labute approximate surface area is 152 Å². The van der Waals surface area contributed by atoms with E-state index in [1.54, 1.807) is 23.2 Å². The Hall–Kier alpha value is -2.73. The van der Waals surface area contributed by atoms with Gasteiger partial charge >= 0.3 is 0 Å². The molecule has 0 aliphatic rings. The molecule has 2 aromatic heterocycles. The highest BCUT2D eigenvalue weighted by Gasteiger charge is 2.14. The number of imidazole rings is 1. The van der Waals surface area contributed by atoms with Crippen molar-refractivity contribution in [3.63, 3.8) is 0 Å². The minimum Gasteiger partial charge on any atom is -0.407 e. The summed E-state index contributed by atoms with van der Waals surface area (Å²) in [6.45, 7) is 0.229. The first kappa shape index (κ1) is 15.8. The maximum absolute atomic E-state index is 13.4. The second-order valence-corrected chi connectivity index (χ2v) is 6.42. The third kappa shape index (κ3) is 3.25. The van der Waals surface area contributed by atoms with E-state index in [9.17, 15) is 4.39 Å². The van der Waals surface area contributed by atoms with E-state index in [0.717, 1.165) is 26.6 Å². The quantitative estimate of drug-likeness (QED) is 0.503. The zero-order valence-corrected chi connectivity index (χ0v) is 14.6. The summed E-state index contributed by atoms with van der Waals surface area (Å²) in [6, 6.07) is 15.9. The van der Waals surface area contributed by atoms with Crippen molar-refractivity contribution in [2.45, 2.75) is 6.61 Å². The maximum Gasteiger partial charge on any atom is 0.178 e. The molecule has 2 heterocycles. The number of hydrogen-bond acceptors (Lipinski definition) is 3. The van der Waals surface area contributed by atoms with Crippen LogP contribution >= 0.6 is 15.9 Å². The van der Waals surface area contributed by atoms with Crippen molar-refractivity contribution in [3.8, 4) is 11.4 Å². The summed E-state index contributed by atoms with van der Waals surface area (Å²) in [5.74, 6) is 0.366. The number of pyridine rings is 1. The van der Waals surface area contributed by atoms with Crippen molar-refractivity contribution in [1.29, 1.82) is 0 Å². The van der Waals surface area contributed by atoms with Crippen molar-refractivity contribution in [3.05, 3.63) is 82.8 Å². The van der Waals surface area contributed by atoms with Crippen LogP contribution < -0.4 is 4.84 Å². The monoisotopic (exact) mass is 397 g/mol. The van der Waals surface area contributed by atoms with Gasteiger partial charge in [-0.25, -0.2) is 9.37 Å². The minimum atomic E-state index is -0.284. The van der Waals surface area contributed by atoms with Crippen LogP contribution in [0.15, 0.2) is 71.5 Å². The second-order valence-electron chi connectivity index (χ2n) is 5.51. The fraction of sp³-hybridized carbons (Fsp3) is 0.0526. The van der Waals surface area contributed by atoms with Crippen molar-refractivity contribution < 1.29 is 9.23 Å². The summed E-state index contributed by atoms with van der Waals surface area (Å²) in [4.78, 5) is 14.8. The Morgan fingerprint density at radius 2 is 2.00 bits per heavy atom. The Bertz CT molecular complexity index is 1030. The lowest BCUT2D eigenvalue weighted by Crippen LogP contribution is -2.12. The Morgan fingerprint density at radius 1 is 1.08 bits per heavy atom. The molecule has 0 bridgehead atoms. The molecule has 0 atom stereocenters. The first-order valence-corrected chi connectivity index (χ1v) is 8.46. The zero-order valence-electron chi connectivity index (χ0n) is 13.1. The summed E-state index contributed by atoms with van der Waals surface area (Å²) < 4.78 is 16.0. The van der Waals surface area contributed by atoms with Crippen LogP contribution in [-0.2, 0) is 6.61 Å². The summed E-state index contributed by atoms with van der Waals surface area (Å²) >= 11 is 3.46. The largest absolute Gasteiger partial charge is 0.407 e. The number of fused-ring (bicyclic) bond motifs is 1. The molecule has 2 aromatic carbocycles. The Morgan fingerprint density at radius 3 is 2.80 bits per heavy atom. The van der Waals surface area contributed by atoms with Crippen LogP contribution in [-0.4, -0.2) is 14.7 Å². The van der Waals surface area contributed by atoms with Gasteiger partial charge in [0.2, 0.25) is 0 Å². The van der Waals surface area contributed by atoms with Crippen LogP contribution in [0.25, 0.3) is 22.4 Å². The average Bonchev–Trinajstić information content (AvgIpc) is 2.98. The van der Waals surface area contributed by atoms with Crippen molar-refractivity contribution >= 4 is 27.0 Å². The number of nitrogens with zero attached hydrogens (tertiary/aromatic N) is 3. The van der Waals surface area contributed by atoms with Gasteiger partial charge < -0.3 is 4.84 Å². The predicted octanol–water partition coefficient (Wildman–Crippen LogP) is 4.63. The Balaban J connectivity index is 1.77. The zero-order chi connectivity index (χ0) is 17.2. The molecule has 4 aromatic rings. The van der Waals surface area contributed by atoms with Crippen LogP contribution in [0.4, 0.5) is 4.39 Å². The number of aromatic nitrogens is 3. The molecule has 0 N–H and O–H groups in total. The third-order valence-corrected chi connectivity index (χ3v) is 4.24. The van der Waals surface area contributed by atoms with Gasteiger partial charge in [0.15, 0.2) is 5.82 Å². The summed E-state index contributed by atoms with van der Waals surface area (Å²) in [5, 5.41) is 0. The highest BCUT2D eigenvalue weighted by atomic mass is 79.9. The molecular formula is C19H13BrFN3O. The molecule has 0 amide bonds. The number of hydrogen-bond donors (Lipinski definition) is 0. The van der Waals surface area contributed by atoms with Crippen molar-refractivity contribution in [1.82, 2.24) is 14.7 Å². The molecule has 4 rings (SSSR count). The van der Waals surface area contributed by atoms with E-state index in [2.05, 4.69) is 25.9 Å². The highest BCUT2D eigenvalue weighted by Crippen LogP contribution is 2.26. The fourth-order valence-electron chi connectivity index (χ4n) is 2.60. The van der Waals surface area contributed by atoms with Gasteiger partial charge in [0.05, 0.1) is 5.52 Å². The van der Waals surface area contributed by atoms with Crippen LogP contribution in [0.5, 0.6) is 0 Å². The standard InChI is InChI=1S/C19H13BrFN3O/c20-15-6-7-18-17(10-15)23-19(14-4-2-8-22-11-14)24(18)25-12-13-3-1-5-16(21)9-13/h1-11H,12H2. The van der Waals surface area contributed by atoms with Gasteiger partial charge in [0.1, 0.15) is 17.9 Å². The van der Waals surface area contributed by atoms with E-state index in [-0.39, 0.29) is 12.4 Å². The average molecular weight is 398 g/mol. The summed E-state index contributed by atoms with van der Waals surface area (Å²) in [5.41, 5.74) is 3.22. The van der Waals surface area contributed by atoms with Crippen molar-refractivity contribution in [2.24, 2.45) is 0 Å². The normalized spacial score (nSPS) is 11.0. The van der Waals surface area contributed by atoms with E-state index in [4.69, 9.17) is 4.84 Å². The van der Waals surface area contributed by atoms with Crippen molar-refractivity contribution in [2.75, 3.05) is 0 Å². The van der Waals surface area contributed by atoms with Gasteiger partial charge in [0.25, 0.3) is 0 Å². The van der Waals surface area contributed by atoms with Crippen LogP contribution in [0.3, 0.4) is 0 Å². The molecule has 0 saturated heterocycles. The van der Waals surface area contributed by atoms with Crippen LogP contribution in [0, 0.1) is 5.82 Å². The molecule has 0 saturated carbocycles. The first-order chi connectivity index (χ1) is 12.2. The van der Waals surface area contributed by atoms with Gasteiger partial charge in [-0.3, -0.25) is 4.98 Å². The van der Waals surface area contributed by atoms with E-state index >= 15 is 0 Å². The molecule has 4 nitrogen and oxygen atoms in total. The maximum atomic E-state index is 13.4. The van der Waals surface area contributed by atoms with Gasteiger partial charge in [0, 0.05) is 22.4 Å². The molecule has 0 fully saturated rings. The molecule has 0 radical (unpaired) electrons. The van der Waals surface area contributed by atoms with Gasteiger partial charge in [-0.05, 0) is 48.0 Å². The fourth-order valence-corrected chi connectivity index (χ4v) is 2.95. The first-order valence-electron chi connectivity index (χ1n) is 7.67. The highest BCUT2D eigenvalue weighted by molar-refractivity contribution is 9.10. The second kappa shape index (κ2) is 6.64. The minimum absolute atomic E-state index is 0.229. The number of halogens is 2. The molecule has 25 heavy (non-hydrogen) atoms. The van der Waals surface area contributed by atoms with E-state index in [1.807, 2.05) is 36.4 Å². The molecule has 124 valence electrons. The van der Waals surface area contributed by atoms with Gasteiger partial charge in [-0.1, -0.05) is 28.1 Å². The molecule has 0 aliphatic heterocycles.